The van der Waals surface area contributed by atoms with E-state index in [2.05, 4.69) is 60.0 Å². The molecule has 9 heteroatoms. The van der Waals surface area contributed by atoms with Crippen molar-refractivity contribution in [3.8, 4) is 0 Å². The molecule has 0 heterocycles. The zero-order valence-electron chi connectivity index (χ0n) is 5.17. The molecule has 0 saturated carbocycles. The van der Waals surface area contributed by atoms with Crippen LogP contribution in [0.1, 0.15) is 0 Å². The molecule has 0 aromatic heterocycles. The Labute approximate surface area is 114 Å². The summed E-state index contributed by atoms with van der Waals surface area (Å²) < 4.78 is 7.09. The first-order valence-corrected chi connectivity index (χ1v) is 4.18. The van der Waals surface area contributed by atoms with Crippen LogP contribution in [0.2, 0.25) is 0 Å². The number of carbonyl (C=O) groups is 1. The van der Waals surface area contributed by atoms with Gasteiger partial charge in [0, 0.05) is 0 Å². The predicted octanol–water partition coefficient (Wildman–Crippen LogP) is -0.0472. The summed E-state index contributed by atoms with van der Waals surface area (Å²) in [7, 11) is 0. The number of hydrogen-bond acceptors (Lipinski definition) is 7. The number of carbonyl (C=O) groups excluding carboxylic acids is 1. The third-order valence-electron chi connectivity index (χ3n) is 0.403. The molecule has 0 saturated heterocycles. The number of thiol groups is 4. The van der Waals surface area contributed by atoms with Gasteiger partial charge in [0.05, 0.1) is 0 Å². The maximum absolute atomic E-state index is 10.4. The van der Waals surface area contributed by atoms with Gasteiger partial charge in [-0.1, -0.05) is 0 Å². The monoisotopic (exact) mass is 260 g/mol. The van der Waals surface area contributed by atoms with E-state index in [1.807, 2.05) is 0 Å². The second-order valence-electron chi connectivity index (χ2n) is 1.14. The quantitative estimate of drug-likeness (QED) is 0.244. The van der Waals surface area contributed by atoms with Crippen LogP contribution in [0, 0.1) is 0 Å². The van der Waals surface area contributed by atoms with Crippen LogP contribution >= 0.6 is 50.5 Å². The normalized spacial score (nSPS) is 8.50. The summed E-state index contributed by atoms with van der Waals surface area (Å²) in [5, 5.41) is 0. The van der Waals surface area contributed by atoms with Gasteiger partial charge in [0.25, 0.3) is 0 Å². The molecule has 0 aliphatic heterocycles. The summed E-state index contributed by atoms with van der Waals surface area (Å²) in [6.45, 7) is 0. The van der Waals surface area contributed by atoms with Crippen LogP contribution in [0.4, 0.5) is 4.79 Å². The van der Waals surface area contributed by atoms with Crippen molar-refractivity contribution in [3.63, 3.8) is 0 Å². The number of hydrogen-bond donors (Lipinski definition) is 4. The van der Waals surface area contributed by atoms with Crippen LogP contribution in [-0.2, 0) is 9.47 Å². The van der Waals surface area contributed by atoms with Crippen LogP contribution in [0.5, 0.6) is 0 Å². The molecule has 0 bridgehead atoms. The summed E-state index contributed by atoms with van der Waals surface area (Å²) in [6, 6.07) is 0. The van der Waals surface area contributed by atoms with Gasteiger partial charge in [-0.2, -0.15) is 0 Å². The van der Waals surface area contributed by atoms with Crippen LogP contribution in [0.25, 0.3) is 0 Å². The minimum atomic E-state index is -0.898. The van der Waals surface area contributed by atoms with E-state index >= 15 is 0 Å². The molecule has 70 valence electrons. The standard InChI is InChI=1S/C3H6O3S4.Na.H2O.H/c4-1(5-2(7)8)6-3(9)10;;;/h2-3,7-10H;;1H2;. The van der Waals surface area contributed by atoms with Crippen molar-refractivity contribution >= 4 is 86.2 Å². The fourth-order valence-electron chi connectivity index (χ4n) is 0.200. The zero-order chi connectivity index (χ0) is 8.15. The van der Waals surface area contributed by atoms with Gasteiger partial charge in [-0.3, -0.25) is 0 Å². The fraction of sp³-hybridized carbons (Fsp3) is 0.667. The van der Waals surface area contributed by atoms with Gasteiger partial charge >= 0.3 is 35.7 Å². The molecular formula is C3H9NaO4S4. The van der Waals surface area contributed by atoms with Gasteiger partial charge < -0.3 is 14.9 Å². The molecule has 0 aliphatic rings. The summed E-state index contributed by atoms with van der Waals surface area (Å²) in [6.07, 6.45) is -0.898. The molecule has 0 aromatic carbocycles. The van der Waals surface area contributed by atoms with E-state index < -0.39 is 15.7 Å². The van der Waals surface area contributed by atoms with Gasteiger partial charge in [-0.25, -0.2) is 4.79 Å². The molecule has 0 rings (SSSR count). The van der Waals surface area contributed by atoms with Crippen molar-refractivity contribution in [1.29, 1.82) is 0 Å². The Hall–Kier alpha value is 1.63. The SMILES string of the molecule is O.O=C(OC(S)S)OC(S)S.[NaH]. The third-order valence-corrected chi connectivity index (χ3v) is 0.825. The van der Waals surface area contributed by atoms with Crippen LogP contribution < -0.4 is 0 Å². The van der Waals surface area contributed by atoms with Gasteiger partial charge in [0.1, 0.15) is 0 Å². The summed E-state index contributed by atoms with van der Waals surface area (Å²) in [5.74, 6) is 0. The number of rotatable bonds is 2. The zero-order valence-corrected chi connectivity index (χ0v) is 8.75. The van der Waals surface area contributed by atoms with E-state index in [1.165, 1.54) is 0 Å². The molecule has 0 aromatic rings. The topological polar surface area (TPSA) is 67.0 Å². The molecule has 0 radical (unpaired) electrons. The van der Waals surface area contributed by atoms with E-state index in [1.54, 1.807) is 0 Å². The van der Waals surface area contributed by atoms with Crippen molar-refractivity contribution in [2.24, 2.45) is 0 Å². The molecular weight excluding hydrogens is 251 g/mol. The maximum atomic E-state index is 10.4. The van der Waals surface area contributed by atoms with Crippen LogP contribution in [-0.4, -0.2) is 50.7 Å². The van der Waals surface area contributed by atoms with E-state index in [4.69, 9.17) is 0 Å². The van der Waals surface area contributed by atoms with E-state index in [0.29, 0.717) is 0 Å². The second kappa shape index (κ2) is 10.7. The van der Waals surface area contributed by atoms with Crippen LogP contribution in [0.3, 0.4) is 0 Å². The molecule has 4 nitrogen and oxygen atoms in total. The Morgan fingerprint density at radius 3 is 1.42 bits per heavy atom. The molecule has 12 heavy (non-hydrogen) atoms. The fourth-order valence-corrected chi connectivity index (χ4v) is 0.544. The molecule has 0 aliphatic carbocycles. The average Bonchev–Trinajstić information content (AvgIpc) is 1.58. The Bertz CT molecular complexity index is 109. The third kappa shape index (κ3) is 14.2. The minimum absolute atomic E-state index is 0. The van der Waals surface area contributed by atoms with Crippen LogP contribution in [0.15, 0.2) is 0 Å². The molecule has 0 amide bonds. The Morgan fingerprint density at radius 2 is 1.25 bits per heavy atom. The summed E-state index contributed by atoms with van der Waals surface area (Å²) in [5.41, 5.74) is 0. The van der Waals surface area contributed by atoms with E-state index in [0.717, 1.165) is 0 Å². The first-order valence-electron chi connectivity index (χ1n) is 2.12. The Balaban J connectivity index is -0.000000405. The number of ether oxygens (including phenoxy) is 2. The van der Waals surface area contributed by atoms with E-state index in [-0.39, 0.29) is 35.0 Å². The van der Waals surface area contributed by atoms with Crippen molar-refractivity contribution < 1.29 is 19.7 Å². The predicted molar refractivity (Wildman–Crippen MR) is 61.8 cm³/mol. The molecule has 0 atom stereocenters. The van der Waals surface area contributed by atoms with Crippen molar-refractivity contribution in [2.45, 2.75) is 9.54 Å². The Kier molecular flexibility index (Phi) is 17.2. The van der Waals surface area contributed by atoms with Gasteiger partial charge in [-0.15, -0.1) is 50.5 Å². The van der Waals surface area contributed by atoms with Gasteiger partial charge in [0.15, 0.2) is 9.54 Å². The molecule has 0 unspecified atom stereocenters. The van der Waals surface area contributed by atoms with Gasteiger partial charge in [-0.05, 0) is 0 Å². The van der Waals surface area contributed by atoms with E-state index in [9.17, 15) is 4.79 Å². The second-order valence-corrected chi connectivity index (χ2v) is 3.83. The van der Waals surface area contributed by atoms with Crippen molar-refractivity contribution in [1.82, 2.24) is 0 Å². The molecule has 2 N–H and O–H groups in total. The molecule has 0 spiro atoms. The average molecular weight is 260 g/mol. The first kappa shape index (κ1) is 19.2. The Morgan fingerprint density at radius 1 is 1.00 bits per heavy atom. The molecule has 0 fully saturated rings. The van der Waals surface area contributed by atoms with Crippen molar-refractivity contribution in [2.75, 3.05) is 0 Å². The summed E-state index contributed by atoms with van der Waals surface area (Å²) >= 11 is 14.6. The van der Waals surface area contributed by atoms with Gasteiger partial charge in [0.2, 0.25) is 0 Å². The van der Waals surface area contributed by atoms with Crippen molar-refractivity contribution in [3.05, 3.63) is 0 Å². The summed E-state index contributed by atoms with van der Waals surface area (Å²) in [4.78, 5) is 10.4. The first-order chi connectivity index (χ1) is 4.52.